The highest BCUT2D eigenvalue weighted by Crippen LogP contribution is 2.29. The molecule has 0 spiro atoms. The minimum absolute atomic E-state index is 0. The van der Waals surface area contributed by atoms with Gasteiger partial charge in [0.2, 0.25) is 0 Å². The maximum atomic E-state index is 2.50. The Morgan fingerprint density at radius 1 is 1.09 bits per heavy atom. The van der Waals surface area contributed by atoms with E-state index in [9.17, 15) is 0 Å². The smallest absolute Gasteiger partial charge is 0.173 e. The predicted octanol–water partition coefficient (Wildman–Crippen LogP) is 1.89. The van der Waals surface area contributed by atoms with Crippen LogP contribution in [-0.2, 0) is 6.54 Å². The van der Waals surface area contributed by atoms with Crippen molar-refractivity contribution in [3.05, 3.63) is 30.1 Å². The van der Waals surface area contributed by atoms with Gasteiger partial charge in [-0.1, -0.05) is 45.4 Å². The molecule has 0 N–H and O–H groups in total. The molecule has 0 bridgehead atoms. The molecule has 1 saturated heterocycles. The van der Waals surface area contributed by atoms with Crippen molar-refractivity contribution in [2.24, 2.45) is 0 Å². The molecule has 1 aromatic heterocycles. The van der Waals surface area contributed by atoms with E-state index in [1.165, 1.54) is 82.9 Å². The molecule has 2 heterocycles. The molecule has 1 aliphatic rings. The summed E-state index contributed by atoms with van der Waals surface area (Å²) in [5.41, 5.74) is 1.50. The van der Waals surface area contributed by atoms with Crippen molar-refractivity contribution in [3.63, 3.8) is 0 Å². The Bertz CT molecular complexity index is 422. The number of halogens is 1. The lowest BCUT2D eigenvalue weighted by molar-refractivity contribution is -0.697. The van der Waals surface area contributed by atoms with Gasteiger partial charge in [-0.3, -0.25) is 4.90 Å². The lowest BCUT2D eigenvalue weighted by atomic mass is 10.1. The second-order valence-electron chi connectivity index (χ2n) is 6.99. The molecule has 0 aliphatic carbocycles. The molecule has 3 heteroatoms. The van der Waals surface area contributed by atoms with Crippen LogP contribution in [0.25, 0.3) is 0 Å². The summed E-state index contributed by atoms with van der Waals surface area (Å²) in [6, 6.07) is 5.18. The molecule has 0 saturated carbocycles. The Balaban J connectivity index is 0.00000264. The van der Waals surface area contributed by atoms with E-state index in [-0.39, 0.29) is 24.0 Å². The van der Waals surface area contributed by atoms with E-state index in [1.807, 2.05) is 0 Å². The molecule has 0 amide bonds. The van der Waals surface area contributed by atoms with Crippen LogP contribution in [0.5, 0.6) is 0 Å². The SMILES string of the molecule is CCCCCCCCCC[n+]1cccc([C@@H]2CCCN2C)c1.[I-]. The van der Waals surface area contributed by atoms with Crippen LogP contribution in [-0.4, -0.2) is 18.5 Å². The van der Waals surface area contributed by atoms with Crippen LogP contribution in [0.4, 0.5) is 0 Å². The first kappa shape index (κ1) is 20.9. The minimum atomic E-state index is 0. The maximum absolute atomic E-state index is 2.50. The van der Waals surface area contributed by atoms with Crippen LogP contribution in [0.15, 0.2) is 24.5 Å². The summed E-state index contributed by atoms with van der Waals surface area (Å²) < 4.78 is 2.40. The van der Waals surface area contributed by atoms with E-state index in [4.69, 9.17) is 0 Å². The average Bonchev–Trinajstić information content (AvgIpc) is 2.96. The first-order valence-corrected chi connectivity index (χ1v) is 9.50. The number of unbranched alkanes of at least 4 members (excludes halogenated alkanes) is 7. The van der Waals surface area contributed by atoms with Gasteiger partial charge in [0.05, 0.1) is 0 Å². The van der Waals surface area contributed by atoms with Crippen LogP contribution in [0.2, 0.25) is 0 Å². The van der Waals surface area contributed by atoms with Gasteiger partial charge >= 0.3 is 0 Å². The number of aromatic nitrogens is 1. The zero-order chi connectivity index (χ0) is 15.6. The lowest BCUT2D eigenvalue weighted by Gasteiger charge is -2.18. The molecule has 132 valence electrons. The fourth-order valence-electron chi connectivity index (χ4n) is 3.64. The van der Waals surface area contributed by atoms with Crippen molar-refractivity contribution in [2.45, 2.75) is 83.7 Å². The van der Waals surface area contributed by atoms with E-state index < -0.39 is 0 Å². The highest BCUT2D eigenvalue weighted by Gasteiger charge is 2.24. The Hall–Kier alpha value is -0.160. The topological polar surface area (TPSA) is 7.12 Å². The van der Waals surface area contributed by atoms with Gasteiger partial charge in [0, 0.05) is 24.1 Å². The number of nitrogens with zero attached hydrogens (tertiary/aromatic N) is 2. The molecule has 1 fully saturated rings. The fourth-order valence-corrected chi connectivity index (χ4v) is 3.64. The minimum Gasteiger partial charge on any atom is -1.00 e. The third-order valence-electron chi connectivity index (χ3n) is 5.06. The van der Waals surface area contributed by atoms with Crippen molar-refractivity contribution in [3.8, 4) is 0 Å². The number of aryl methyl sites for hydroxylation is 1. The second-order valence-corrected chi connectivity index (χ2v) is 6.99. The molecule has 2 nitrogen and oxygen atoms in total. The van der Waals surface area contributed by atoms with Crippen molar-refractivity contribution in [1.29, 1.82) is 0 Å². The van der Waals surface area contributed by atoms with E-state index >= 15 is 0 Å². The van der Waals surface area contributed by atoms with Gasteiger partial charge < -0.3 is 24.0 Å². The van der Waals surface area contributed by atoms with Gasteiger partial charge in [0.15, 0.2) is 12.4 Å². The quantitative estimate of drug-likeness (QED) is 0.313. The fraction of sp³-hybridized carbons (Fsp3) is 0.750. The highest BCUT2D eigenvalue weighted by atomic mass is 127. The van der Waals surface area contributed by atoms with Gasteiger partial charge in [-0.05, 0) is 38.9 Å². The summed E-state index contributed by atoms with van der Waals surface area (Å²) >= 11 is 0. The monoisotopic (exact) mass is 430 g/mol. The number of hydrogen-bond donors (Lipinski definition) is 0. The first-order chi connectivity index (χ1) is 10.8. The Morgan fingerprint density at radius 2 is 1.78 bits per heavy atom. The standard InChI is InChI=1S/C20H35N2.HI/c1-3-4-5-6-7-8-9-10-16-22-17-11-13-19(18-22)20-14-12-15-21(20)2;/h11,13,17-18,20H,3-10,12,14-16H2,1-2H3;1H/q+1;/p-1/t20-;/m0./s1. The number of pyridine rings is 1. The van der Waals surface area contributed by atoms with E-state index in [0.717, 1.165) is 0 Å². The molecular weight excluding hydrogens is 395 g/mol. The van der Waals surface area contributed by atoms with Gasteiger partial charge in [0.25, 0.3) is 0 Å². The first-order valence-electron chi connectivity index (χ1n) is 9.50. The van der Waals surface area contributed by atoms with E-state index in [2.05, 4.69) is 48.0 Å². The third kappa shape index (κ3) is 7.51. The van der Waals surface area contributed by atoms with Crippen molar-refractivity contribution in [2.75, 3.05) is 13.6 Å². The largest absolute Gasteiger partial charge is 1.00 e. The molecule has 23 heavy (non-hydrogen) atoms. The number of likely N-dealkylation sites (tertiary alicyclic amines) is 1. The zero-order valence-corrected chi connectivity index (χ0v) is 17.3. The molecule has 1 atom stereocenters. The van der Waals surface area contributed by atoms with Crippen molar-refractivity contribution < 1.29 is 28.5 Å². The van der Waals surface area contributed by atoms with Gasteiger partial charge in [-0.2, -0.15) is 0 Å². The average molecular weight is 430 g/mol. The van der Waals surface area contributed by atoms with Crippen LogP contribution in [0.1, 0.15) is 82.7 Å². The molecule has 1 aromatic rings. The molecule has 2 rings (SSSR count). The lowest BCUT2D eigenvalue weighted by Crippen LogP contribution is -3.00. The second kappa shape index (κ2) is 12.2. The van der Waals surface area contributed by atoms with Crippen molar-refractivity contribution >= 4 is 0 Å². The van der Waals surface area contributed by atoms with Crippen molar-refractivity contribution in [1.82, 2.24) is 4.90 Å². The summed E-state index contributed by atoms with van der Waals surface area (Å²) in [4.78, 5) is 2.50. The Kier molecular flexibility index (Phi) is 11.1. The molecule has 0 radical (unpaired) electrons. The predicted molar refractivity (Wildman–Crippen MR) is 93.9 cm³/mol. The van der Waals surface area contributed by atoms with Gasteiger partial charge in [0.1, 0.15) is 6.54 Å². The maximum Gasteiger partial charge on any atom is 0.173 e. The van der Waals surface area contributed by atoms with Crippen LogP contribution >= 0.6 is 0 Å². The highest BCUT2D eigenvalue weighted by molar-refractivity contribution is 5.12. The summed E-state index contributed by atoms with van der Waals surface area (Å²) in [5.74, 6) is 0. The summed E-state index contributed by atoms with van der Waals surface area (Å²) in [5, 5.41) is 0. The van der Waals surface area contributed by atoms with Crippen LogP contribution in [0, 0.1) is 0 Å². The van der Waals surface area contributed by atoms with Gasteiger partial charge in [-0.15, -0.1) is 0 Å². The number of hydrogen-bond acceptors (Lipinski definition) is 1. The van der Waals surface area contributed by atoms with Crippen LogP contribution < -0.4 is 28.5 Å². The summed E-state index contributed by atoms with van der Waals surface area (Å²) in [6.07, 6.45) is 18.5. The Morgan fingerprint density at radius 3 is 2.43 bits per heavy atom. The normalized spacial score (nSPS) is 18.1. The van der Waals surface area contributed by atoms with Gasteiger partial charge in [-0.25, -0.2) is 4.57 Å². The summed E-state index contributed by atoms with van der Waals surface area (Å²) in [6.45, 7) is 4.71. The molecular formula is C20H35IN2. The zero-order valence-electron chi connectivity index (χ0n) is 15.1. The Labute approximate surface area is 160 Å². The molecule has 0 unspecified atom stereocenters. The molecule has 0 aromatic carbocycles. The number of rotatable bonds is 10. The van der Waals surface area contributed by atoms with Crippen LogP contribution in [0.3, 0.4) is 0 Å². The summed E-state index contributed by atoms with van der Waals surface area (Å²) in [7, 11) is 2.26. The van der Waals surface area contributed by atoms with E-state index in [0.29, 0.717) is 6.04 Å². The van der Waals surface area contributed by atoms with E-state index in [1.54, 1.807) is 0 Å². The molecule has 1 aliphatic heterocycles. The third-order valence-corrected chi connectivity index (χ3v) is 5.06.